The summed E-state index contributed by atoms with van der Waals surface area (Å²) in [6.07, 6.45) is -6.97. The molecule has 1 atom stereocenters. The smallest absolute Gasteiger partial charge is 0.342 e. The molecule has 12 heteroatoms. The first kappa shape index (κ1) is 15.6. The van der Waals surface area contributed by atoms with E-state index in [0.717, 1.165) is 0 Å². The van der Waals surface area contributed by atoms with Gasteiger partial charge in [0.15, 0.2) is 0 Å². The van der Waals surface area contributed by atoms with Crippen LogP contribution < -0.4 is 0 Å². The fraction of sp³-hybridized carbons (Fsp3) is 1.00. The molecule has 0 heterocycles. The zero-order chi connectivity index (χ0) is 13.6. The van der Waals surface area contributed by atoms with Crippen molar-refractivity contribution in [2.45, 2.75) is 23.7 Å². The Kier molecular flexibility index (Phi) is 3.69. The van der Waals surface area contributed by atoms with Crippen molar-refractivity contribution in [3.63, 3.8) is 0 Å². The number of alkyl halides is 9. The molecule has 0 aliphatic heterocycles. The van der Waals surface area contributed by atoms with Gasteiger partial charge in [-0.25, -0.2) is 0 Å². The van der Waals surface area contributed by atoms with Crippen LogP contribution in [-0.2, 0) is 4.57 Å². The summed E-state index contributed by atoms with van der Waals surface area (Å²) in [4.78, 5) is 7.66. The first-order chi connectivity index (χ1) is 6.69. The third-order valence-electron chi connectivity index (χ3n) is 1.41. The van der Waals surface area contributed by atoms with Crippen LogP contribution in [0.1, 0.15) is 0 Å². The first-order valence-electron chi connectivity index (χ1n) is 3.13. The number of hydrogen-bond donors (Lipinski definition) is 1. The summed E-state index contributed by atoms with van der Waals surface area (Å²) in [5, 5.41) is 0. The normalized spacial score (nSPS) is 17.4. The zero-order valence-corrected chi connectivity index (χ0v) is 7.76. The van der Waals surface area contributed by atoms with Crippen molar-refractivity contribution in [3.05, 3.63) is 0 Å². The van der Waals surface area contributed by atoms with Crippen LogP contribution in [0.2, 0.25) is 0 Å². The Morgan fingerprint density at radius 3 is 1.25 bits per heavy atom. The van der Waals surface area contributed by atoms with Gasteiger partial charge in [-0.15, -0.1) is 0 Å². The van der Waals surface area contributed by atoms with E-state index in [1.54, 1.807) is 0 Å². The highest BCUT2D eigenvalue weighted by Gasteiger charge is 2.83. The Hall–Kier alpha value is -0.440. The van der Waals surface area contributed by atoms with Crippen LogP contribution in [0.15, 0.2) is 0 Å². The van der Waals surface area contributed by atoms with E-state index in [9.17, 15) is 44.1 Å². The van der Waals surface area contributed by atoms with Gasteiger partial charge in [-0.1, -0.05) is 0 Å². The van der Waals surface area contributed by atoms with Gasteiger partial charge in [-0.3, -0.25) is 4.57 Å². The predicted molar refractivity (Wildman–Crippen MR) is 32.1 cm³/mol. The van der Waals surface area contributed by atoms with Gasteiger partial charge in [0.1, 0.15) is 0 Å². The van der Waals surface area contributed by atoms with Crippen LogP contribution in [0.25, 0.3) is 0 Å². The van der Waals surface area contributed by atoms with Crippen molar-refractivity contribution in [2.24, 2.45) is 0 Å². The van der Waals surface area contributed by atoms with Crippen molar-refractivity contribution in [1.82, 2.24) is 0 Å². The SMILES string of the molecule is O=[PH](O)C(F)(F)C(F)(F)C(F)(F)C(F)(F)F. The second-order valence-electron chi connectivity index (χ2n) is 2.53. The quantitative estimate of drug-likeness (QED) is 0.639. The lowest BCUT2D eigenvalue weighted by Crippen LogP contribution is -2.59. The van der Waals surface area contributed by atoms with Crippen LogP contribution in [0.3, 0.4) is 0 Å². The highest BCUT2D eigenvalue weighted by Crippen LogP contribution is 2.59. The molecule has 1 N–H and O–H groups in total. The Morgan fingerprint density at radius 1 is 0.750 bits per heavy atom. The molecular formula is C4H2F9O2P. The van der Waals surface area contributed by atoms with E-state index in [2.05, 4.69) is 0 Å². The van der Waals surface area contributed by atoms with Gasteiger partial charge in [0.05, 0.1) is 0 Å². The highest BCUT2D eigenvalue weighted by molar-refractivity contribution is 7.39. The van der Waals surface area contributed by atoms with Gasteiger partial charge in [0, 0.05) is 0 Å². The van der Waals surface area contributed by atoms with Crippen LogP contribution in [0.4, 0.5) is 39.5 Å². The minimum atomic E-state index is -7.12. The molecule has 98 valence electrons. The maximum atomic E-state index is 12.2. The largest absolute Gasteiger partial charge is 0.460 e. The maximum Gasteiger partial charge on any atom is 0.460 e. The number of halogens is 9. The lowest BCUT2D eigenvalue weighted by molar-refractivity contribution is -0.382. The Balaban J connectivity index is 5.62. The topological polar surface area (TPSA) is 37.3 Å². The third kappa shape index (κ3) is 2.02. The molecular weight excluding hydrogens is 282 g/mol. The molecule has 0 fully saturated rings. The van der Waals surface area contributed by atoms with E-state index in [0.29, 0.717) is 0 Å². The van der Waals surface area contributed by atoms with Gasteiger partial charge >= 0.3 is 23.7 Å². The molecule has 0 aromatic rings. The van der Waals surface area contributed by atoms with E-state index >= 15 is 0 Å². The van der Waals surface area contributed by atoms with Crippen molar-refractivity contribution < 1.29 is 49.0 Å². The second-order valence-corrected chi connectivity index (χ2v) is 3.76. The summed E-state index contributed by atoms with van der Waals surface area (Å²) >= 11 is 0. The molecule has 0 saturated carbocycles. The van der Waals surface area contributed by atoms with Crippen LogP contribution >= 0.6 is 8.03 Å². The van der Waals surface area contributed by atoms with E-state index < -0.39 is 31.7 Å². The van der Waals surface area contributed by atoms with E-state index in [1.807, 2.05) is 0 Å². The highest BCUT2D eigenvalue weighted by atomic mass is 31.1. The summed E-state index contributed by atoms with van der Waals surface area (Å²) in [6, 6.07) is 0. The Morgan fingerprint density at radius 2 is 1.06 bits per heavy atom. The van der Waals surface area contributed by atoms with Gasteiger partial charge in [-0.05, 0) is 0 Å². The molecule has 0 aliphatic rings. The molecule has 0 aliphatic carbocycles. The maximum absolute atomic E-state index is 12.2. The zero-order valence-electron chi connectivity index (χ0n) is 6.76. The van der Waals surface area contributed by atoms with Gasteiger partial charge in [-0.2, -0.15) is 39.5 Å². The molecule has 0 amide bonds. The predicted octanol–water partition coefficient (Wildman–Crippen LogP) is 2.88. The van der Waals surface area contributed by atoms with Crippen LogP contribution in [0, 0.1) is 0 Å². The standard InChI is InChI=1S/C4H2F9O2P/c5-1(6,3(9,10)11)2(7,8)4(12,13)16(14)15/h16H,(H,14,15). The minimum absolute atomic E-state index is 5.62. The average molecular weight is 284 g/mol. The molecule has 0 aromatic heterocycles. The van der Waals surface area contributed by atoms with E-state index in [4.69, 9.17) is 4.89 Å². The van der Waals surface area contributed by atoms with E-state index in [1.165, 1.54) is 0 Å². The van der Waals surface area contributed by atoms with E-state index in [-0.39, 0.29) is 0 Å². The monoisotopic (exact) mass is 284 g/mol. The van der Waals surface area contributed by atoms with Crippen molar-refractivity contribution in [2.75, 3.05) is 0 Å². The summed E-state index contributed by atoms with van der Waals surface area (Å²) in [6.45, 7) is 0. The Bertz CT molecular complexity index is 294. The first-order valence-corrected chi connectivity index (χ1v) is 4.48. The third-order valence-corrected chi connectivity index (χ3v) is 2.26. The fourth-order valence-electron chi connectivity index (χ4n) is 0.509. The molecule has 0 saturated heterocycles. The number of rotatable bonds is 3. The van der Waals surface area contributed by atoms with Gasteiger partial charge in [0.25, 0.3) is 8.03 Å². The molecule has 16 heavy (non-hydrogen) atoms. The lowest BCUT2D eigenvalue weighted by atomic mass is 10.1. The van der Waals surface area contributed by atoms with Crippen LogP contribution in [0.5, 0.6) is 0 Å². The van der Waals surface area contributed by atoms with Crippen molar-refractivity contribution in [1.29, 1.82) is 0 Å². The molecule has 0 bridgehead atoms. The van der Waals surface area contributed by atoms with Gasteiger partial charge in [0.2, 0.25) is 0 Å². The lowest BCUT2D eigenvalue weighted by Gasteiger charge is -2.31. The molecule has 0 rings (SSSR count). The summed E-state index contributed by atoms with van der Waals surface area (Å²) in [5.74, 6) is -14.1. The molecule has 1 unspecified atom stereocenters. The molecule has 0 radical (unpaired) electrons. The number of hydrogen-bond acceptors (Lipinski definition) is 1. The summed E-state index contributed by atoms with van der Waals surface area (Å²) in [5.41, 5.74) is -6.36. The Labute approximate surface area is 81.9 Å². The molecule has 2 nitrogen and oxygen atoms in total. The van der Waals surface area contributed by atoms with Crippen LogP contribution in [-0.4, -0.2) is 28.6 Å². The van der Waals surface area contributed by atoms with Crippen molar-refractivity contribution in [3.8, 4) is 0 Å². The molecule has 0 spiro atoms. The average Bonchev–Trinajstić information content (AvgIpc) is 2.00. The molecule has 0 aromatic carbocycles. The summed E-state index contributed by atoms with van der Waals surface area (Å²) in [7, 11) is -5.62. The minimum Gasteiger partial charge on any atom is -0.342 e. The fourth-order valence-corrected chi connectivity index (χ4v) is 0.935. The van der Waals surface area contributed by atoms with Gasteiger partial charge < -0.3 is 4.89 Å². The summed E-state index contributed by atoms with van der Waals surface area (Å²) < 4.78 is 116. The second kappa shape index (κ2) is 3.80. The van der Waals surface area contributed by atoms with Crippen molar-refractivity contribution >= 4 is 8.03 Å².